The molecule has 0 amide bonds. The molecule has 0 radical (unpaired) electrons. The van der Waals surface area contributed by atoms with Crippen molar-refractivity contribution in [1.29, 1.82) is 10.5 Å². The van der Waals surface area contributed by atoms with Gasteiger partial charge in [-0.1, -0.05) is 125 Å². The van der Waals surface area contributed by atoms with Gasteiger partial charge in [0, 0.05) is 16.5 Å². The van der Waals surface area contributed by atoms with Gasteiger partial charge in [0.2, 0.25) is 0 Å². The minimum absolute atomic E-state index is 0.395. The molecule has 0 N–H and O–H groups in total. The van der Waals surface area contributed by atoms with Crippen molar-refractivity contribution in [1.82, 2.24) is 0 Å². The first-order chi connectivity index (χ1) is 23.6. The average molecular weight is 689 g/mol. The maximum Gasteiger partial charge on any atom is 0.146 e. The highest BCUT2D eigenvalue weighted by molar-refractivity contribution is 6.91. The van der Waals surface area contributed by atoms with E-state index in [-0.39, 0.29) is 0 Å². The highest BCUT2D eigenvalue weighted by Crippen LogP contribution is 2.44. The molecule has 0 heterocycles. The molecule has 0 aliphatic carbocycles. The zero-order valence-electron chi connectivity index (χ0n) is 32.1. The second kappa shape index (κ2) is 14.1. The summed E-state index contributed by atoms with van der Waals surface area (Å²) < 4.78 is 0. The molecular formula is C46H52N2Si2. The van der Waals surface area contributed by atoms with Crippen LogP contribution in [-0.2, 0) is 0 Å². The number of hydrogen-bond acceptors (Lipinski definition) is 2. The van der Waals surface area contributed by atoms with Crippen LogP contribution in [0.25, 0.3) is 43.1 Å². The second-order valence-corrected chi connectivity index (χ2v) is 27.3. The third-order valence-corrected chi connectivity index (χ3v) is 24.5. The van der Waals surface area contributed by atoms with Crippen LogP contribution in [0.4, 0.5) is 0 Å². The molecule has 0 unspecified atom stereocenters. The van der Waals surface area contributed by atoms with Crippen molar-refractivity contribution in [3.05, 3.63) is 82.9 Å². The Balaban J connectivity index is 2.10. The summed E-state index contributed by atoms with van der Waals surface area (Å²) in [5.41, 5.74) is 13.9. The lowest BCUT2D eigenvalue weighted by atomic mass is 9.88. The van der Waals surface area contributed by atoms with Crippen LogP contribution in [0.15, 0.2) is 60.7 Å². The molecule has 254 valence electrons. The van der Waals surface area contributed by atoms with E-state index in [4.69, 9.17) is 0 Å². The predicted molar refractivity (Wildman–Crippen MR) is 222 cm³/mol. The van der Waals surface area contributed by atoms with Crippen molar-refractivity contribution in [2.75, 3.05) is 0 Å². The first kappa shape index (κ1) is 36.9. The lowest BCUT2D eigenvalue weighted by molar-refractivity contribution is 0.838. The van der Waals surface area contributed by atoms with Gasteiger partial charge >= 0.3 is 0 Å². The molecule has 0 saturated heterocycles. The fraction of sp³-hybridized carbons (Fsp3) is 0.391. The van der Waals surface area contributed by atoms with E-state index >= 15 is 0 Å². The number of hydrogen-bond donors (Lipinski definition) is 0. The smallest absolute Gasteiger partial charge is 0.146 e. The van der Waals surface area contributed by atoms with E-state index in [1.165, 1.54) is 10.8 Å². The van der Waals surface area contributed by atoms with Gasteiger partial charge in [-0.2, -0.15) is 10.5 Å². The lowest BCUT2D eigenvalue weighted by Gasteiger charge is -2.38. The Kier molecular flexibility index (Phi) is 10.4. The molecule has 5 aromatic carbocycles. The summed E-state index contributed by atoms with van der Waals surface area (Å²) in [5.74, 6) is 7.79. The molecule has 50 heavy (non-hydrogen) atoms. The second-order valence-electron chi connectivity index (χ2n) is 16.1. The average Bonchev–Trinajstić information content (AvgIpc) is 3.06. The largest absolute Gasteiger partial charge is 0.192 e. The topological polar surface area (TPSA) is 47.6 Å². The van der Waals surface area contributed by atoms with Gasteiger partial charge in [0.1, 0.15) is 28.3 Å². The van der Waals surface area contributed by atoms with Gasteiger partial charge in [-0.15, -0.1) is 11.1 Å². The van der Waals surface area contributed by atoms with Crippen molar-refractivity contribution in [2.45, 2.75) is 116 Å². The Morgan fingerprint density at radius 3 is 1.16 bits per heavy atom. The fourth-order valence-electron chi connectivity index (χ4n) is 9.42. The van der Waals surface area contributed by atoms with Gasteiger partial charge in [-0.05, 0) is 101 Å². The molecule has 4 heteroatoms. The highest BCUT2D eigenvalue weighted by Gasteiger charge is 2.43. The SMILES string of the molecule is CC(C)[Si](C#Cc1c2cc3ccccc3cc2c(C#C[Si](C(C)C)(C(C)C)C(C)C)c2cc3c(C#N)c(C#N)ccc3cc12)(C(C)C)C(C)C. The summed E-state index contributed by atoms with van der Waals surface area (Å²) >= 11 is 0. The third-order valence-electron chi connectivity index (χ3n) is 11.9. The number of rotatable bonds is 6. The maximum atomic E-state index is 10.3. The molecular weight excluding hydrogens is 637 g/mol. The summed E-state index contributed by atoms with van der Waals surface area (Å²) in [4.78, 5) is 0. The zero-order chi connectivity index (χ0) is 36.7. The molecule has 0 saturated carbocycles. The van der Waals surface area contributed by atoms with Crippen molar-refractivity contribution in [3.8, 4) is 35.1 Å². The maximum absolute atomic E-state index is 10.3. The number of nitriles is 2. The molecule has 2 nitrogen and oxygen atoms in total. The van der Waals surface area contributed by atoms with Gasteiger partial charge in [0.15, 0.2) is 0 Å². The number of nitrogens with zero attached hydrogens (tertiary/aromatic N) is 2. The summed E-state index contributed by atoms with van der Waals surface area (Å²) in [6.07, 6.45) is 0. The molecule has 0 aromatic heterocycles. The van der Waals surface area contributed by atoms with Gasteiger partial charge < -0.3 is 0 Å². The summed E-state index contributed by atoms with van der Waals surface area (Å²) in [6.45, 7) is 28.3. The Morgan fingerprint density at radius 1 is 0.420 bits per heavy atom. The summed E-state index contributed by atoms with van der Waals surface area (Å²) in [7, 11) is -4.17. The van der Waals surface area contributed by atoms with E-state index in [1.54, 1.807) is 6.07 Å². The highest BCUT2D eigenvalue weighted by atomic mass is 28.3. The molecule has 0 aliphatic rings. The van der Waals surface area contributed by atoms with Gasteiger partial charge in [-0.25, -0.2) is 0 Å². The monoisotopic (exact) mass is 688 g/mol. The van der Waals surface area contributed by atoms with Crippen molar-refractivity contribution in [2.24, 2.45) is 0 Å². The fourth-order valence-corrected chi connectivity index (χ4v) is 19.8. The third kappa shape index (κ3) is 5.94. The minimum atomic E-state index is -2.10. The molecule has 0 spiro atoms. The lowest BCUT2D eigenvalue weighted by Crippen LogP contribution is -2.43. The Hall–Kier alpha value is -4.33. The van der Waals surface area contributed by atoms with E-state index in [0.29, 0.717) is 44.4 Å². The first-order valence-electron chi connectivity index (χ1n) is 18.4. The van der Waals surface area contributed by atoms with Crippen LogP contribution in [0.2, 0.25) is 33.2 Å². The van der Waals surface area contributed by atoms with Crippen LogP contribution >= 0.6 is 0 Å². The molecule has 5 rings (SSSR count). The van der Waals surface area contributed by atoms with E-state index in [9.17, 15) is 10.5 Å². The van der Waals surface area contributed by atoms with Crippen molar-refractivity contribution < 1.29 is 0 Å². The van der Waals surface area contributed by atoms with Gasteiger partial charge in [0.05, 0.1) is 11.1 Å². The van der Waals surface area contributed by atoms with Crippen LogP contribution in [0, 0.1) is 45.6 Å². The zero-order valence-corrected chi connectivity index (χ0v) is 34.1. The first-order valence-corrected chi connectivity index (χ1v) is 22.9. The van der Waals surface area contributed by atoms with Gasteiger partial charge in [-0.3, -0.25) is 0 Å². The predicted octanol–water partition coefficient (Wildman–Crippen LogP) is 13.2. The molecule has 0 fully saturated rings. The Bertz CT molecular complexity index is 2290. The van der Waals surface area contributed by atoms with Crippen molar-refractivity contribution >= 4 is 59.2 Å². The van der Waals surface area contributed by atoms with Gasteiger partial charge in [0.25, 0.3) is 0 Å². The van der Waals surface area contributed by atoms with Crippen LogP contribution in [0.1, 0.15) is 105 Å². The van der Waals surface area contributed by atoms with Crippen LogP contribution in [0.5, 0.6) is 0 Å². The van der Waals surface area contributed by atoms with Crippen LogP contribution < -0.4 is 0 Å². The van der Waals surface area contributed by atoms with Crippen LogP contribution in [0.3, 0.4) is 0 Å². The van der Waals surface area contributed by atoms with E-state index in [1.807, 2.05) is 6.07 Å². The number of fused-ring (bicyclic) bond motifs is 4. The quantitative estimate of drug-likeness (QED) is 0.101. The van der Waals surface area contributed by atoms with Crippen LogP contribution in [-0.4, -0.2) is 16.1 Å². The summed E-state index contributed by atoms with van der Waals surface area (Å²) in [6, 6.07) is 25.9. The Labute approximate surface area is 302 Å². The minimum Gasteiger partial charge on any atom is -0.192 e. The van der Waals surface area contributed by atoms with E-state index in [2.05, 4.69) is 167 Å². The molecule has 0 bridgehead atoms. The van der Waals surface area contributed by atoms with E-state index in [0.717, 1.165) is 43.4 Å². The Morgan fingerprint density at radius 2 is 0.800 bits per heavy atom. The molecule has 5 aromatic rings. The number of benzene rings is 5. The normalized spacial score (nSPS) is 12.3. The molecule has 0 aliphatic heterocycles. The standard InChI is InChI=1S/C46H52N2Si2/c1-29(2)49(30(3)4,31(5)6)21-19-39-42-23-35-15-13-14-16-36(35)24-43(42)40(20-22-50(32(7)8,33(9)10)34(11)12)45-26-41-37(25-44(39)45)17-18-38(27-47)46(41)28-48/h13-18,23-26,29-34H,1-12H3. The molecule has 0 atom stereocenters. The summed E-state index contributed by atoms with van der Waals surface area (Å²) in [5, 5.41) is 28.6. The van der Waals surface area contributed by atoms with Crippen molar-refractivity contribution in [3.63, 3.8) is 0 Å². The van der Waals surface area contributed by atoms with E-state index < -0.39 is 16.1 Å².